The van der Waals surface area contributed by atoms with Crippen molar-refractivity contribution in [2.75, 3.05) is 35.2 Å². The van der Waals surface area contributed by atoms with Crippen LogP contribution in [0.2, 0.25) is 0 Å². The van der Waals surface area contributed by atoms with Crippen molar-refractivity contribution < 1.29 is 4.79 Å². The average molecular weight is 457 g/mol. The Morgan fingerprint density at radius 1 is 1.18 bits per heavy atom. The zero-order valence-corrected chi connectivity index (χ0v) is 19.8. The molecule has 2 aromatic heterocycles. The SMILES string of the molecule is CC1(C)CN(C[C@@H]2CCCN2)c2cc(NC(=O)c3cccnc3NCc3ccncc3)ccc21. The van der Waals surface area contributed by atoms with Crippen molar-refractivity contribution in [3.8, 4) is 0 Å². The standard InChI is InChI=1S/C27H32N6O/c1-27(2)18-33(17-21-5-3-11-29-21)24-15-20(7-8-23(24)27)32-26(34)22-6-4-12-30-25(22)31-16-19-9-13-28-14-10-19/h4,6-10,12-15,21,29H,3,5,11,16-18H2,1-2H3,(H,30,31)(H,32,34)/t21-/m0/s1. The molecule has 7 heteroatoms. The van der Waals surface area contributed by atoms with E-state index < -0.39 is 0 Å². The summed E-state index contributed by atoms with van der Waals surface area (Å²) in [4.78, 5) is 24.1. The number of carbonyl (C=O) groups excluding carboxylic acids is 1. The van der Waals surface area contributed by atoms with Crippen LogP contribution >= 0.6 is 0 Å². The molecule has 1 saturated heterocycles. The monoisotopic (exact) mass is 456 g/mol. The fourth-order valence-corrected chi connectivity index (χ4v) is 5.05. The number of hydrogen-bond acceptors (Lipinski definition) is 6. The van der Waals surface area contributed by atoms with Crippen LogP contribution in [0.25, 0.3) is 0 Å². The summed E-state index contributed by atoms with van der Waals surface area (Å²) < 4.78 is 0. The Kier molecular flexibility index (Phi) is 6.20. The van der Waals surface area contributed by atoms with Crippen LogP contribution in [0.3, 0.4) is 0 Å². The second-order valence-electron chi connectivity index (χ2n) is 9.85. The molecule has 1 atom stereocenters. The topological polar surface area (TPSA) is 82.2 Å². The number of nitrogens with one attached hydrogen (secondary N) is 3. The summed E-state index contributed by atoms with van der Waals surface area (Å²) in [7, 11) is 0. The fraction of sp³-hybridized carbons (Fsp3) is 0.370. The van der Waals surface area contributed by atoms with Crippen molar-refractivity contribution in [1.29, 1.82) is 0 Å². The fourth-order valence-electron chi connectivity index (χ4n) is 5.05. The van der Waals surface area contributed by atoms with E-state index in [9.17, 15) is 4.79 Å². The quantitative estimate of drug-likeness (QED) is 0.495. The van der Waals surface area contributed by atoms with E-state index in [1.165, 1.54) is 24.1 Å². The van der Waals surface area contributed by atoms with Crippen LogP contribution in [-0.4, -0.2) is 41.6 Å². The molecule has 0 aliphatic carbocycles. The van der Waals surface area contributed by atoms with E-state index in [1.54, 1.807) is 30.7 Å². The number of pyridine rings is 2. The first-order valence-corrected chi connectivity index (χ1v) is 12.0. The van der Waals surface area contributed by atoms with Gasteiger partial charge in [-0.2, -0.15) is 0 Å². The summed E-state index contributed by atoms with van der Waals surface area (Å²) in [6.45, 7) is 8.25. The van der Waals surface area contributed by atoms with E-state index in [1.807, 2.05) is 18.2 Å². The molecule has 7 nitrogen and oxygen atoms in total. The normalized spacial score (nSPS) is 18.5. The molecule has 1 amide bonds. The highest BCUT2D eigenvalue weighted by Gasteiger charge is 2.36. The Morgan fingerprint density at radius 3 is 2.82 bits per heavy atom. The summed E-state index contributed by atoms with van der Waals surface area (Å²) in [6, 6.07) is 14.3. The summed E-state index contributed by atoms with van der Waals surface area (Å²) in [6.07, 6.45) is 7.67. The summed E-state index contributed by atoms with van der Waals surface area (Å²) in [5, 5.41) is 9.99. The molecular weight excluding hydrogens is 424 g/mol. The van der Waals surface area contributed by atoms with Gasteiger partial charge in [-0.3, -0.25) is 9.78 Å². The summed E-state index contributed by atoms with van der Waals surface area (Å²) in [5.41, 5.74) is 5.04. The third-order valence-electron chi connectivity index (χ3n) is 6.78. The van der Waals surface area contributed by atoms with Crippen LogP contribution in [0.5, 0.6) is 0 Å². The van der Waals surface area contributed by atoms with Gasteiger partial charge in [0.1, 0.15) is 5.82 Å². The van der Waals surface area contributed by atoms with Crippen LogP contribution < -0.4 is 20.9 Å². The molecule has 4 heterocycles. The van der Waals surface area contributed by atoms with Crippen molar-refractivity contribution in [2.45, 2.75) is 44.7 Å². The minimum Gasteiger partial charge on any atom is -0.369 e. The number of hydrogen-bond donors (Lipinski definition) is 3. The molecule has 2 aliphatic rings. The zero-order chi connectivity index (χ0) is 23.5. The van der Waals surface area contributed by atoms with Gasteiger partial charge in [-0.15, -0.1) is 0 Å². The Morgan fingerprint density at radius 2 is 2.03 bits per heavy atom. The number of rotatable bonds is 7. The number of benzene rings is 1. The third kappa shape index (κ3) is 4.75. The highest BCUT2D eigenvalue weighted by atomic mass is 16.1. The minimum absolute atomic E-state index is 0.0872. The van der Waals surface area contributed by atoms with E-state index in [0.29, 0.717) is 24.0 Å². The number of carbonyl (C=O) groups is 1. The molecule has 1 fully saturated rings. The molecule has 34 heavy (non-hydrogen) atoms. The smallest absolute Gasteiger partial charge is 0.259 e. The van der Waals surface area contributed by atoms with Gasteiger partial charge >= 0.3 is 0 Å². The first-order chi connectivity index (χ1) is 16.5. The minimum atomic E-state index is -0.174. The van der Waals surface area contributed by atoms with Crippen LogP contribution in [-0.2, 0) is 12.0 Å². The number of nitrogens with zero attached hydrogens (tertiary/aromatic N) is 3. The maximum Gasteiger partial charge on any atom is 0.259 e. The molecular formula is C27H32N6O. The van der Waals surface area contributed by atoms with E-state index in [2.05, 4.69) is 56.8 Å². The third-order valence-corrected chi connectivity index (χ3v) is 6.78. The molecule has 0 unspecified atom stereocenters. The maximum atomic E-state index is 13.2. The van der Waals surface area contributed by atoms with Gasteiger partial charge < -0.3 is 20.9 Å². The molecule has 0 spiro atoms. The Balaban J connectivity index is 1.33. The Hall–Kier alpha value is -3.45. The van der Waals surface area contributed by atoms with Crippen LogP contribution in [0.15, 0.2) is 61.1 Å². The molecule has 1 aromatic carbocycles. The predicted molar refractivity (Wildman–Crippen MR) is 136 cm³/mol. The van der Waals surface area contributed by atoms with E-state index in [0.717, 1.165) is 30.9 Å². The van der Waals surface area contributed by atoms with Gasteiger partial charge in [-0.05, 0) is 66.9 Å². The Labute approximate surface area is 201 Å². The van der Waals surface area contributed by atoms with Gasteiger partial charge in [-0.1, -0.05) is 19.9 Å². The number of fused-ring (bicyclic) bond motifs is 1. The molecule has 0 saturated carbocycles. The van der Waals surface area contributed by atoms with Crippen LogP contribution in [0.1, 0.15) is 48.2 Å². The van der Waals surface area contributed by atoms with Gasteiger partial charge in [-0.25, -0.2) is 4.98 Å². The lowest BCUT2D eigenvalue weighted by atomic mass is 9.87. The molecule has 176 valence electrons. The summed E-state index contributed by atoms with van der Waals surface area (Å²) in [5.74, 6) is 0.389. The Bertz CT molecular complexity index is 1160. The number of amides is 1. The summed E-state index contributed by atoms with van der Waals surface area (Å²) >= 11 is 0. The van der Waals surface area contributed by atoms with E-state index in [-0.39, 0.29) is 11.3 Å². The van der Waals surface area contributed by atoms with Gasteiger partial charge in [0.15, 0.2) is 0 Å². The molecule has 0 radical (unpaired) electrons. The lowest BCUT2D eigenvalue weighted by Gasteiger charge is -2.25. The molecule has 3 aromatic rings. The van der Waals surface area contributed by atoms with Crippen LogP contribution in [0.4, 0.5) is 17.2 Å². The molecule has 0 bridgehead atoms. The molecule has 3 N–H and O–H groups in total. The van der Waals surface area contributed by atoms with E-state index in [4.69, 9.17) is 0 Å². The molecule has 5 rings (SSSR count). The lowest BCUT2D eigenvalue weighted by Crippen LogP contribution is -2.38. The van der Waals surface area contributed by atoms with Gasteiger partial charge in [0.25, 0.3) is 5.91 Å². The maximum absolute atomic E-state index is 13.2. The number of aromatic nitrogens is 2. The van der Waals surface area contributed by atoms with Crippen molar-refractivity contribution in [2.24, 2.45) is 0 Å². The van der Waals surface area contributed by atoms with Crippen molar-refractivity contribution in [3.05, 3.63) is 77.7 Å². The largest absolute Gasteiger partial charge is 0.369 e. The highest BCUT2D eigenvalue weighted by Crippen LogP contribution is 2.42. The zero-order valence-electron chi connectivity index (χ0n) is 19.8. The second-order valence-corrected chi connectivity index (χ2v) is 9.85. The first kappa shape index (κ1) is 22.3. The second kappa shape index (κ2) is 9.43. The van der Waals surface area contributed by atoms with E-state index >= 15 is 0 Å². The van der Waals surface area contributed by atoms with Crippen molar-refractivity contribution >= 4 is 23.1 Å². The number of anilines is 3. The molecule has 2 aliphatic heterocycles. The van der Waals surface area contributed by atoms with Crippen molar-refractivity contribution in [1.82, 2.24) is 15.3 Å². The van der Waals surface area contributed by atoms with Gasteiger partial charge in [0.2, 0.25) is 0 Å². The highest BCUT2D eigenvalue weighted by molar-refractivity contribution is 6.07. The predicted octanol–water partition coefficient (Wildman–Crippen LogP) is 4.19. The van der Waals surface area contributed by atoms with Crippen molar-refractivity contribution in [3.63, 3.8) is 0 Å². The lowest BCUT2D eigenvalue weighted by molar-refractivity contribution is 0.102. The average Bonchev–Trinajstić information content (AvgIpc) is 3.44. The first-order valence-electron chi connectivity index (χ1n) is 12.0. The van der Waals surface area contributed by atoms with Gasteiger partial charge in [0.05, 0.1) is 5.56 Å². The van der Waals surface area contributed by atoms with Crippen LogP contribution in [0, 0.1) is 0 Å². The van der Waals surface area contributed by atoms with Gasteiger partial charge in [0, 0.05) is 61.1 Å².